The molecule has 2 aromatic rings. The average Bonchev–Trinajstić information content (AvgIpc) is 3.20. The smallest absolute Gasteiger partial charge is 0.258 e. The number of ether oxygens (including phenoxy) is 2. The van der Waals surface area contributed by atoms with Gasteiger partial charge in [0.2, 0.25) is 0 Å². The molecule has 3 N–H and O–H groups in total. The van der Waals surface area contributed by atoms with Crippen LogP contribution in [-0.4, -0.2) is 31.8 Å². The number of carbonyl (C=O) groups excluding carboxylic acids is 1. The van der Waals surface area contributed by atoms with Crippen LogP contribution in [0.25, 0.3) is 0 Å². The molecule has 0 spiro atoms. The summed E-state index contributed by atoms with van der Waals surface area (Å²) in [7, 11) is 0. The van der Waals surface area contributed by atoms with Gasteiger partial charge in [-0.05, 0) is 31.0 Å². The molecular formula is C20H25N3O3. The molecule has 1 unspecified atom stereocenters. The Morgan fingerprint density at radius 2 is 1.92 bits per heavy atom. The maximum Gasteiger partial charge on any atom is 0.258 e. The first-order chi connectivity index (χ1) is 12.8. The second-order valence-electron chi connectivity index (χ2n) is 6.18. The number of hydrazine groups is 1. The zero-order chi connectivity index (χ0) is 18.0. The highest BCUT2D eigenvalue weighted by atomic mass is 16.5. The van der Waals surface area contributed by atoms with Crippen LogP contribution >= 0.6 is 0 Å². The van der Waals surface area contributed by atoms with Gasteiger partial charge in [-0.25, -0.2) is 5.43 Å². The fourth-order valence-corrected chi connectivity index (χ4v) is 2.78. The molecule has 0 aliphatic carbocycles. The van der Waals surface area contributed by atoms with Gasteiger partial charge in [-0.2, -0.15) is 0 Å². The number of benzene rings is 2. The Labute approximate surface area is 153 Å². The number of anilines is 1. The van der Waals surface area contributed by atoms with Gasteiger partial charge < -0.3 is 20.2 Å². The lowest BCUT2D eigenvalue weighted by Gasteiger charge is -2.14. The highest BCUT2D eigenvalue weighted by Gasteiger charge is 2.16. The Morgan fingerprint density at radius 3 is 2.73 bits per heavy atom. The van der Waals surface area contributed by atoms with Crippen LogP contribution in [0.1, 0.15) is 18.4 Å². The lowest BCUT2D eigenvalue weighted by atomic mass is 10.2. The van der Waals surface area contributed by atoms with Gasteiger partial charge >= 0.3 is 0 Å². The van der Waals surface area contributed by atoms with Crippen molar-refractivity contribution in [3.8, 4) is 5.75 Å². The Morgan fingerprint density at radius 1 is 1.12 bits per heavy atom. The third kappa shape index (κ3) is 5.75. The van der Waals surface area contributed by atoms with Crippen molar-refractivity contribution < 1.29 is 14.3 Å². The minimum Gasteiger partial charge on any atom is -0.483 e. The zero-order valence-corrected chi connectivity index (χ0v) is 14.7. The molecule has 1 fully saturated rings. The van der Waals surface area contributed by atoms with Gasteiger partial charge in [0.05, 0.1) is 6.10 Å². The number of rotatable bonds is 9. The van der Waals surface area contributed by atoms with Gasteiger partial charge in [-0.3, -0.25) is 4.79 Å². The molecule has 0 aromatic heterocycles. The molecule has 0 saturated carbocycles. The lowest BCUT2D eigenvalue weighted by molar-refractivity contribution is -0.123. The summed E-state index contributed by atoms with van der Waals surface area (Å²) in [4.78, 5) is 12.0. The summed E-state index contributed by atoms with van der Waals surface area (Å²) in [5.74, 6) is 0.563. The van der Waals surface area contributed by atoms with Crippen molar-refractivity contribution in [2.24, 2.45) is 0 Å². The maximum absolute atomic E-state index is 12.0. The Balaban J connectivity index is 1.43. The summed E-state index contributed by atoms with van der Waals surface area (Å²) >= 11 is 0. The van der Waals surface area contributed by atoms with Crippen LogP contribution in [0.15, 0.2) is 54.6 Å². The SMILES string of the molecule is O=C(COc1ccccc1CNNc1ccccc1)NCC1CCCO1. The van der Waals surface area contributed by atoms with E-state index in [1.54, 1.807) is 0 Å². The largest absolute Gasteiger partial charge is 0.483 e. The number of para-hydroxylation sites is 2. The molecule has 1 amide bonds. The summed E-state index contributed by atoms with van der Waals surface area (Å²) in [6.07, 6.45) is 2.21. The van der Waals surface area contributed by atoms with Crippen LogP contribution in [0.4, 0.5) is 5.69 Å². The van der Waals surface area contributed by atoms with Crippen LogP contribution in [0.3, 0.4) is 0 Å². The predicted octanol–water partition coefficient (Wildman–Crippen LogP) is 2.48. The molecule has 2 aromatic carbocycles. The number of carbonyl (C=O) groups is 1. The molecule has 26 heavy (non-hydrogen) atoms. The summed E-state index contributed by atoms with van der Waals surface area (Å²) in [6.45, 7) is 1.90. The molecular weight excluding hydrogens is 330 g/mol. The van der Waals surface area contributed by atoms with Crippen molar-refractivity contribution >= 4 is 11.6 Å². The van der Waals surface area contributed by atoms with E-state index in [2.05, 4.69) is 16.2 Å². The molecule has 6 nitrogen and oxygen atoms in total. The molecule has 138 valence electrons. The minimum absolute atomic E-state index is 0.00412. The topological polar surface area (TPSA) is 71.6 Å². The van der Waals surface area contributed by atoms with Crippen LogP contribution in [0.5, 0.6) is 5.75 Å². The van der Waals surface area contributed by atoms with E-state index in [9.17, 15) is 4.79 Å². The lowest BCUT2D eigenvalue weighted by Crippen LogP contribution is -2.35. The second-order valence-corrected chi connectivity index (χ2v) is 6.18. The third-order valence-electron chi connectivity index (χ3n) is 4.17. The molecule has 1 heterocycles. The van der Waals surface area contributed by atoms with Crippen molar-refractivity contribution in [1.82, 2.24) is 10.7 Å². The molecule has 1 saturated heterocycles. The number of hydrogen-bond acceptors (Lipinski definition) is 5. The number of amides is 1. The maximum atomic E-state index is 12.0. The van der Waals surface area contributed by atoms with Crippen LogP contribution < -0.4 is 20.9 Å². The molecule has 0 bridgehead atoms. The van der Waals surface area contributed by atoms with Crippen molar-refractivity contribution in [3.63, 3.8) is 0 Å². The van der Waals surface area contributed by atoms with Crippen molar-refractivity contribution in [1.29, 1.82) is 0 Å². The van der Waals surface area contributed by atoms with Gasteiger partial charge in [0, 0.05) is 30.9 Å². The van der Waals surface area contributed by atoms with Crippen LogP contribution in [0.2, 0.25) is 0 Å². The first-order valence-electron chi connectivity index (χ1n) is 8.94. The highest BCUT2D eigenvalue weighted by molar-refractivity contribution is 5.77. The van der Waals surface area contributed by atoms with Gasteiger partial charge in [0.25, 0.3) is 5.91 Å². The second kappa shape index (κ2) is 9.79. The molecule has 1 aliphatic heterocycles. The molecule has 1 aliphatic rings. The normalized spacial score (nSPS) is 16.2. The van der Waals surface area contributed by atoms with E-state index in [1.165, 1.54) is 0 Å². The zero-order valence-electron chi connectivity index (χ0n) is 14.7. The van der Waals surface area contributed by atoms with Crippen LogP contribution in [0, 0.1) is 0 Å². The fourth-order valence-electron chi connectivity index (χ4n) is 2.78. The van der Waals surface area contributed by atoms with E-state index in [4.69, 9.17) is 9.47 Å². The van der Waals surface area contributed by atoms with Gasteiger partial charge in [0.15, 0.2) is 6.61 Å². The van der Waals surface area contributed by atoms with Gasteiger partial charge in [-0.1, -0.05) is 36.4 Å². The minimum atomic E-state index is -0.134. The fraction of sp³-hybridized carbons (Fsp3) is 0.350. The van der Waals surface area contributed by atoms with E-state index >= 15 is 0 Å². The summed E-state index contributed by atoms with van der Waals surface area (Å²) in [5.41, 5.74) is 8.26. The van der Waals surface area contributed by atoms with E-state index in [0.717, 1.165) is 30.7 Å². The Hall–Kier alpha value is -2.57. The van der Waals surface area contributed by atoms with Crippen molar-refractivity contribution in [2.75, 3.05) is 25.2 Å². The van der Waals surface area contributed by atoms with Gasteiger partial charge in [-0.15, -0.1) is 0 Å². The average molecular weight is 355 g/mol. The van der Waals surface area contributed by atoms with Crippen molar-refractivity contribution in [2.45, 2.75) is 25.5 Å². The predicted molar refractivity (Wildman–Crippen MR) is 101 cm³/mol. The standard InChI is InChI=1S/C20H25N3O3/c24-20(21-14-18-10-6-12-25-18)15-26-19-11-5-4-7-16(19)13-22-23-17-8-2-1-3-9-17/h1-5,7-9,11,18,22-23H,6,10,12-15H2,(H,21,24). The first kappa shape index (κ1) is 18.2. The monoisotopic (exact) mass is 355 g/mol. The van der Waals surface area contributed by atoms with E-state index in [-0.39, 0.29) is 18.6 Å². The molecule has 0 radical (unpaired) electrons. The van der Waals surface area contributed by atoms with E-state index < -0.39 is 0 Å². The Kier molecular flexibility index (Phi) is 6.87. The van der Waals surface area contributed by atoms with Crippen LogP contribution in [-0.2, 0) is 16.1 Å². The Bertz CT molecular complexity index is 688. The third-order valence-corrected chi connectivity index (χ3v) is 4.17. The van der Waals surface area contributed by atoms with E-state index in [1.807, 2.05) is 54.6 Å². The highest BCUT2D eigenvalue weighted by Crippen LogP contribution is 2.18. The number of hydrogen-bond donors (Lipinski definition) is 3. The number of nitrogens with one attached hydrogen (secondary N) is 3. The van der Waals surface area contributed by atoms with Gasteiger partial charge in [0.1, 0.15) is 5.75 Å². The van der Waals surface area contributed by atoms with Crippen molar-refractivity contribution in [3.05, 3.63) is 60.2 Å². The first-order valence-corrected chi connectivity index (χ1v) is 8.94. The quantitative estimate of drug-likeness (QED) is 0.603. The summed E-state index contributed by atoms with van der Waals surface area (Å²) < 4.78 is 11.2. The van der Waals surface area contributed by atoms with E-state index in [0.29, 0.717) is 18.8 Å². The summed E-state index contributed by atoms with van der Waals surface area (Å²) in [5, 5.41) is 2.86. The molecule has 3 rings (SSSR count). The molecule has 6 heteroatoms. The summed E-state index contributed by atoms with van der Waals surface area (Å²) in [6, 6.07) is 17.6. The molecule has 1 atom stereocenters.